The normalized spacial score (nSPS) is 15.2. The van der Waals surface area contributed by atoms with Gasteiger partial charge in [-0.3, -0.25) is 9.27 Å². The number of hydrogen-bond acceptors (Lipinski definition) is 6. The molecule has 4 rings (SSSR count). The van der Waals surface area contributed by atoms with Crippen molar-refractivity contribution in [2.45, 2.75) is 31.7 Å². The van der Waals surface area contributed by atoms with Crippen molar-refractivity contribution in [3.05, 3.63) is 35.8 Å². The van der Waals surface area contributed by atoms with Crippen LogP contribution in [0.2, 0.25) is 0 Å². The minimum atomic E-state index is -2.37. The van der Waals surface area contributed by atoms with Gasteiger partial charge in [-0.25, -0.2) is 8.60 Å². The molecule has 1 fully saturated rings. The summed E-state index contributed by atoms with van der Waals surface area (Å²) in [5.74, 6) is 0.0845. The Hall–Kier alpha value is -3.23. The van der Waals surface area contributed by atoms with Crippen molar-refractivity contribution in [1.29, 1.82) is 5.26 Å². The van der Waals surface area contributed by atoms with Gasteiger partial charge in [0.1, 0.15) is 23.4 Å². The van der Waals surface area contributed by atoms with Crippen molar-refractivity contribution in [3.8, 4) is 6.07 Å². The fourth-order valence-electron chi connectivity index (χ4n) is 3.44. The second-order valence-corrected chi connectivity index (χ2v) is 7.43. The van der Waals surface area contributed by atoms with Gasteiger partial charge in [-0.1, -0.05) is 12.8 Å². The Morgan fingerprint density at radius 2 is 2.10 bits per heavy atom. The first-order valence-corrected chi connectivity index (χ1v) is 10.1. The van der Waals surface area contributed by atoms with Crippen LogP contribution in [0.4, 0.5) is 27.5 Å². The molecule has 29 heavy (non-hydrogen) atoms. The maximum Gasteiger partial charge on any atom is 0.259 e. The number of nitriles is 1. The molecule has 3 aromatic rings. The predicted molar refractivity (Wildman–Crippen MR) is 109 cm³/mol. The zero-order valence-corrected chi connectivity index (χ0v) is 16.0. The number of fused-ring (bicyclic) bond motifs is 1. The first-order chi connectivity index (χ1) is 14.0. The van der Waals surface area contributed by atoms with Crippen LogP contribution >= 0.6 is 0 Å². The van der Waals surface area contributed by atoms with E-state index in [0.29, 0.717) is 28.1 Å². The van der Waals surface area contributed by atoms with Crippen molar-refractivity contribution in [3.63, 3.8) is 0 Å². The molecule has 0 radical (unpaired) electrons. The zero-order chi connectivity index (χ0) is 20.4. The van der Waals surface area contributed by atoms with Crippen LogP contribution in [0.1, 0.15) is 31.2 Å². The maximum atomic E-state index is 14.1. The minimum Gasteiger partial charge on any atom is -0.367 e. The van der Waals surface area contributed by atoms with Crippen LogP contribution in [-0.2, 0) is 11.3 Å². The lowest BCUT2D eigenvalue weighted by Gasteiger charge is -2.15. The van der Waals surface area contributed by atoms with Crippen LogP contribution in [-0.4, -0.2) is 29.8 Å². The predicted octanol–water partition coefficient (Wildman–Crippen LogP) is 3.62. The van der Waals surface area contributed by atoms with E-state index in [1.807, 2.05) is 0 Å². The Labute approximate surface area is 168 Å². The third kappa shape index (κ3) is 4.13. The van der Waals surface area contributed by atoms with Crippen LogP contribution in [0.5, 0.6) is 0 Å². The molecule has 0 bridgehead atoms. The fourth-order valence-corrected chi connectivity index (χ4v) is 3.80. The molecule has 1 aromatic carbocycles. The van der Waals surface area contributed by atoms with E-state index >= 15 is 0 Å². The van der Waals surface area contributed by atoms with Crippen LogP contribution in [0.3, 0.4) is 0 Å². The number of H-pyrrole nitrogens is 1. The molecular formula is C18H18FN7O2S. The Morgan fingerprint density at radius 1 is 1.31 bits per heavy atom. The fraction of sp³-hybridized carbons (Fsp3) is 0.278. The number of halogens is 1. The number of nitrogens with zero attached hydrogens (tertiary/aromatic N) is 3. The summed E-state index contributed by atoms with van der Waals surface area (Å²) in [4.78, 5) is 11.9. The molecule has 0 aliphatic heterocycles. The molecular weight excluding hydrogens is 397 g/mol. The number of hydrogen-bond donors (Lipinski definition) is 5. The van der Waals surface area contributed by atoms with E-state index in [4.69, 9.17) is 4.55 Å². The van der Waals surface area contributed by atoms with E-state index in [1.54, 1.807) is 6.20 Å². The standard InChI is InChI=1S/C18H18FN7O2S/c19-13-7-12(5-6-14(13)26-29(27)28)23-18-24-16-15(10(8-20)9-21-16)17(25-18)22-11-3-1-2-4-11/h5-7,9,11,26H,1-4H2,(H,27,28)(H3,21,22,23,24,25). The summed E-state index contributed by atoms with van der Waals surface area (Å²) in [5.41, 5.74) is 1.22. The average molecular weight is 415 g/mol. The molecule has 1 aliphatic rings. The molecule has 0 saturated heterocycles. The van der Waals surface area contributed by atoms with Crippen molar-refractivity contribution >= 4 is 45.4 Å². The molecule has 11 heteroatoms. The van der Waals surface area contributed by atoms with E-state index in [9.17, 15) is 13.9 Å². The van der Waals surface area contributed by atoms with Gasteiger partial charge in [-0.2, -0.15) is 15.2 Å². The minimum absolute atomic E-state index is 0.0978. The molecule has 1 atom stereocenters. The van der Waals surface area contributed by atoms with Crippen molar-refractivity contribution in [2.75, 3.05) is 15.4 Å². The maximum absolute atomic E-state index is 14.1. The van der Waals surface area contributed by atoms with Gasteiger partial charge in [0, 0.05) is 17.9 Å². The van der Waals surface area contributed by atoms with Gasteiger partial charge in [0.25, 0.3) is 11.3 Å². The summed E-state index contributed by atoms with van der Waals surface area (Å²) in [6, 6.07) is 6.46. The second kappa shape index (κ2) is 8.02. The molecule has 2 heterocycles. The molecule has 0 spiro atoms. The number of aromatic amines is 1. The summed E-state index contributed by atoms with van der Waals surface area (Å²) < 4.78 is 35.8. The molecule has 9 nitrogen and oxygen atoms in total. The number of anilines is 4. The molecule has 150 valence electrons. The Bertz CT molecular complexity index is 1120. The van der Waals surface area contributed by atoms with Gasteiger partial charge in [-0.05, 0) is 31.0 Å². The lowest BCUT2D eigenvalue weighted by Crippen LogP contribution is -2.16. The van der Waals surface area contributed by atoms with Crippen molar-refractivity contribution < 1.29 is 13.2 Å². The molecule has 2 aromatic heterocycles. The molecule has 1 saturated carbocycles. The third-order valence-corrected chi connectivity index (χ3v) is 5.17. The Morgan fingerprint density at radius 3 is 2.79 bits per heavy atom. The van der Waals surface area contributed by atoms with Crippen LogP contribution in [0, 0.1) is 17.1 Å². The second-order valence-electron chi connectivity index (χ2n) is 6.73. The summed E-state index contributed by atoms with van der Waals surface area (Å²) in [6.07, 6.45) is 5.94. The lowest BCUT2D eigenvalue weighted by atomic mass is 10.2. The number of nitrogens with one attached hydrogen (secondary N) is 4. The largest absolute Gasteiger partial charge is 0.367 e. The Balaban J connectivity index is 1.66. The highest BCUT2D eigenvalue weighted by atomic mass is 32.2. The smallest absolute Gasteiger partial charge is 0.259 e. The number of benzene rings is 1. The van der Waals surface area contributed by atoms with E-state index in [1.165, 1.54) is 18.2 Å². The quantitative estimate of drug-likeness (QED) is 0.388. The topological polar surface area (TPSA) is 139 Å². The van der Waals surface area contributed by atoms with Gasteiger partial charge >= 0.3 is 0 Å². The van der Waals surface area contributed by atoms with Gasteiger partial charge in [0.15, 0.2) is 0 Å². The first kappa shape index (κ1) is 19.1. The van der Waals surface area contributed by atoms with Crippen LogP contribution < -0.4 is 15.4 Å². The van der Waals surface area contributed by atoms with E-state index < -0.39 is 17.1 Å². The van der Waals surface area contributed by atoms with Crippen LogP contribution in [0.15, 0.2) is 24.4 Å². The van der Waals surface area contributed by atoms with Gasteiger partial charge in [0.2, 0.25) is 5.95 Å². The van der Waals surface area contributed by atoms with E-state index in [2.05, 4.69) is 36.4 Å². The van der Waals surface area contributed by atoms with E-state index in [-0.39, 0.29) is 17.7 Å². The molecule has 5 N–H and O–H groups in total. The monoisotopic (exact) mass is 415 g/mol. The lowest BCUT2D eigenvalue weighted by molar-refractivity contribution is 0.568. The highest BCUT2D eigenvalue weighted by Crippen LogP contribution is 2.30. The van der Waals surface area contributed by atoms with Gasteiger partial charge < -0.3 is 15.6 Å². The average Bonchev–Trinajstić information content (AvgIpc) is 3.33. The first-order valence-electron chi connectivity index (χ1n) is 9.03. The molecule has 1 aliphatic carbocycles. The molecule has 0 amide bonds. The van der Waals surface area contributed by atoms with E-state index in [0.717, 1.165) is 25.7 Å². The highest BCUT2D eigenvalue weighted by Gasteiger charge is 2.20. The van der Waals surface area contributed by atoms with Crippen LogP contribution in [0.25, 0.3) is 11.0 Å². The zero-order valence-electron chi connectivity index (χ0n) is 15.2. The van der Waals surface area contributed by atoms with Gasteiger partial charge in [-0.15, -0.1) is 0 Å². The number of rotatable bonds is 6. The Kier molecular flexibility index (Phi) is 5.28. The summed E-state index contributed by atoms with van der Waals surface area (Å²) in [5, 5.41) is 16.3. The van der Waals surface area contributed by atoms with Gasteiger partial charge in [0.05, 0.1) is 16.6 Å². The van der Waals surface area contributed by atoms with Crippen molar-refractivity contribution in [1.82, 2.24) is 15.0 Å². The summed E-state index contributed by atoms with van der Waals surface area (Å²) >= 11 is -2.37. The number of aromatic nitrogens is 3. The molecule has 1 unspecified atom stereocenters. The highest BCUT2D eigenvalue weighted by molar-refractivity contribution is 7.80. The third-order valence-electron chi connectivity index (χ3n) is 4.77. The van der Waals surface area contributed by atoms with Crippen molar-refractivity contribution in [2.24, 2.45) is 0 Å². The summed E-state index contributed by atoms with van der Waals surface area (Å²) in [7, 11) is 0. The summed E-state index contributed by atoms with van der Waals surface area (Å²) in [6.45, 7) is 0. The SMILES string of the molecule is N#Cc1c[nH]c2nc(Nc3ccc(NS(=O)O)c(F)c3)nc(NC3CCCC3)c12.